The number of aromatic nitrogens is 3. The van der Waals surface area contributed by atoms with Crippen molar-refractivity contribution in [3.63, 3.8) is 0 Å². The smallest absolute Gasteiger partial charge is 0.195 e. The van der Waals surface area contributed by atoms with Gasteiger partial charge in [0.2, 0.25) is 0 Å². The lowest BCUT2D eigenvalue weighted by Gasteiger charge is -2.11. The van der Waals surface area contributed by atoms with Crippen LogP contribution in [0.25, 0.3) is 11.4 Å². The molecule has 0 aliphatic heterocycles. The molecule has 0 bridgehead atoms. The van der Waals surface area contributed by atoms with Gasteiger partial charge in [0.15, 0.2) is 10.6 Å². The number of benzene rings is 1. The maximum Gasteiger partial charge on any atom is 0.195 e. The number of hydrogen-bond acceptors (Lipinski definition) is 2. The summed E-state index contributed by atoms with van der Waals surface area (Å²) in [6, 6.07) is 7.60. The maximum absolute atomic E-state index is 5.97. The van der Waals surface area contributed by atoms with Gasteiger partial charge in [-0.1, -0.05) is 29.8 Å². The van der Waals surface area contributed by atoms with Gasteiger partial charge in [0.05, 0.1) is 6.04 Å². The molecule has 1 atom stereocenters. The molecule has 0 amide bonds. The van der Waals surface area contributed by atoms with Crippen LogP contribution in [-0.2, 0) is 0 Å². The van der Waals surface area contributed by atoms with E-state index in [2.05, 4.69) is 16.8 Å². The monoisotopic (exact) mass is 265 g/mol. The zero-order valence-corrected chi connectivity index (χ0v) is 10.9. The normalized spacial score (nSPS) is 12.4. The fourth-order valence-electron chi connectivity index (χ4n) is 1.62. The van der Waals surface area contributed by atoms with Crippen molar-refractivity contribution < 1.29 is 0 Å². The Balaban J connectivity index is 2.60. The highest BCUT2D eigenvalue weighted by Gasteiger charge is 2.12. The van der Waals surface area contributed by atoms with Crippen LogP contribution in [0.3, 0.4) is 0 Å². The molecule has 2 rings (SSSR count). The molecule has 2 aromatic rings. The average molecular weight is 266 g/mol. The molecule has 0 aliphatic rings. The van der Waals surface area contributed by atoms with E-state index in [4.69, 9.17) is 23.8 Å². The Hall–Kier alpha value is -1.39. The third-order valence-electron chi connectivity index (χ3n) is 2.54. The van der Waals surface area contributed by atoms with Crippen LogP contribution in [0.15, 0.2) is 36.9 Å². The number of halogens is 1. The minimum absolute atomic E-state index is 0.0789. The first-order valence-corrected chi connectivity index (χ1v) is 5.97. The third-order valence-corrected chi connectivity index (χ3v) is 3.06. The van der Waals surface area contributed by atoms with Crippen molar-refractivity contribution in [1.29, 1.82) is 0 Å². The Morgan fingerprint density at radius 1 is 1.59 bits per heavy atom. The summed E-state index contributed by atoms with van der Waals surface area (Å²) in [5.74, 6) is 0.768. The summed E-state index contributed by atoms with van der Waals surface area (Å²) in [5, 5.41) is 7.71. The molecule has 1 N–H and O–H groups in total. The molecule has 0 saturated heterocycles. The molecule has 1 unspecified atom stereocenters. The summed E-state index contributed by atoms with van der Waals surface area (Å²) in [6.07, 6.45) is 1.82. The SMILES string of the molecule is C=CC(C)n1c(-c2cccc(Cl)c2)n[nH]c1=S. The lowest BCUT2D eigenvalue weighted by Crippen LogP contribution is -2.04. The van der Waals surface area contributed by atoms with Crippen LogP contribution in [0, 0.1) is 4.77 Å². The first kappa shape index (κ1) is 12.1. The number of H-pyrrole nitrogens is 1. The number of rotatable bonds is 3. The van der Waals surface area contributed by atoms with Crippen molar-refractivity contribution in [3.05, 3.63) is 46.7 Å². The van der Waals surface area contributed by atoms with E-state index in [0.717, 1.165) is 11.4 Å². The topological polar surface area (TPSA) is 33.6 Å². The van der Waals surface area contributed by atoms with Gasteiger partial charge >= 0.3 is 0 Å². The average Bonchev–Trinajstić information content (AvgIpc) is 2.70. The van der Waals surface area contributed by atoms with Crippen LogP contribution < -0.4 is 0 Å². The lowest BCUT2D eigenvalue weighted by molar-refractivity contribution is 0.657. The second kappa shape index (κ2) is 4.85. The van der Waals surface area contributed by atoms with E-state index in [9.17, 15) is 0 Å². The Morgan fingerprint density at radius 3 is 3.00 bits per heavy atom. The Labute approximate surface area is 110 Å². The van der Waals surface area contributed by atoms with E-state index >= 15 is 0 Å². The van der Waals surface area contributed by atoms with E-state index < -0.39 is 0 Å². The fourth-order valence-corrected chi connectivity index (χ4v) is 2.11. The highest BCUT2D eigenvalue weighted by atomic mass is 35.5. The predicted octanol–water partition coefficient (Wildman–Crippen LogP) is 4.01. The van der Waals surface area contributed by atoms with Crippen LogP contribution >= 0.6 is 23.8 Å². The van der Waals surface area contributed by atoms with Gasteiger partial charge in [-0.15, -0.1) is 6.58 Å². The van der Waals surface area contributed by atoms with Gasteiger partial charge in [-0.2, -0.15) is 5.10 Å². The number of nitrogens with zero attached hydrogens (tertiary/aromatic N) is 2. The van der Waals surface area contributed by atoms with Crippen molar-refractivity contribution in [2.24, 2.45) is 0 Å². The molecule has 3 nitrogen and oxygen atoms in total. The van der Waals surface area contributed by atoms with Crippen molar-refractivity contribution in [3.8, 4) is 11.4 Å². The minimum atomic E-state index is 0.0789. The van der Waals surface area contributed by atoms with Gasteiger partial charge in [0.25, 0.3) is 0 Å². The third kappa shape index (κ3) is 2.33. The molecule has 0 radical (unpaired) electrons. The van der Waals surface area contributed by atoms with Gasteiger partial charge in [0.1, 0.15) is 0 Å². The number of aromatic amines is 1. The number of allylic oxidation sites excluding steroid dienone is 1. The van der Waals surface area contributed by atoms with Crippen LogP contribution in [-0.4, -0.2) is 14.8 Å². The second-order valence-electron chi connectivity index (χ2n) is 3.71. The summed E-state index contributed by atoms with van der Waals surface area (Å²) < 4.78 is 2.49. The highest BCUT2D eigenvalue weighted by molar-refractivity contribution is 7.71. The minimum Gasteiger partial charge on any atom is -0.293 e. The number of nitrogens with one attached hydrogen (secondary N) is 1. The van der Waals surface area contributed by atoms with Crippen LogP contribution in [0.5, 0.6) is 0 Å². The van der Waals surface area contributed by atoms with Crippen LogP contribution in [0.1, 0.15) is 13.0 Å². The largest absolute Gasteiger partial charge is 0.293 e. The van der Waals surface area contributed by atoms with Gasteiger partial charge in [-0.3, -0.25) is 9.67 Å². The standard InChI is InChI=1S/C12H12ClN3S/c1-3-8(2)16-11(14-15-12(16)17)9-5-4-6-10(13)7-9/h3-8H,1H2,2H3,(H,15,17). The fraction of sp³-hybridized carbons (Fsp3) is 0.167. The van der Waals surface area contributed by atoms with E-state index in [1.807, 2.05) is 41.8 Å². The molecule has 0 fully saturated rings. The second-order valence-corrected chi connectivity index (χ2v) is 4.53. The molecule has 5 heteroatoms. The van der Waals surface area contributed by atoms with Crippen LogP contribution in [0.4, 0.5) is 0 Å². The van der Waals surface area contributed by atoms with Gasteiger partial charge < -0.3 is 0 Å². The molecule has 0 aliphatic carbocycles. The molecule has 0 saturated carbocycles. The van der Waals surface area contributed by atoms with Gasteiger partial charge in [-0.25, -0.2) is 0 Å². The van der Waals surface area contributed by atoms with Crippen LogP contribution in [0.2, 0.25) is 5.02 Å². The lowest BCUT2D eigenvalue weighted by atomic mass is 10.2. The van der Waals surface area contributed by atoms with E-state index in [-0.39, 0.29) is 6.04 Å². The van der Waals surface area contributed by atoms with Crippen molar-refractivity contribution >= 4 is 23.8 Å². The zero-order chi connectivity index (χ0) is 12.4. The predicted molar refractivity (Wildman–Crippen MR) is 72.8 cm³/mol. The summed E-state index contributed by atoms with van der Waals surface area (Å²) in [7, 11) is 0. The maximum atomic E-state index is 5.97. The van der Waals surface area contributed by atoms with E-state index in [1.165, 1.54) is 0 Å². The quantitative estimate of drug-likeness (QED) is 0.672. The Bertz CT molecular complexity index is 600. The van der Waals surface area contributed by atoms with Gasteiger partial charge in [-0.05, 0) is 31.3 Å². The van der Waals surface area contributed by atoms with E-state index in [1.54, 1.807) is 0 Å². The summed E-state index contributed by atoms with van der Waals surface area (Å²) in [4.78, 5) is 0. The highest BCUT2D eigenvalue weighted by Crippen LogP contribution is 2.23. The Kier molecular flexibility index (Phi) is 3.45. The van der Waals surface area contributed by atoms with Crippen molar-refractivity contribution in [2.45, 2.75) is 13.0 Å². The molecule has 1 heterocycles. The number of hydrogen-bond donors (Lipinski definition) is 1. The molecule has 1 aromatic heterocycles. The van der Waals surface area contributed by atoms with E-state index in [0.29, 0.717) is 9.79 Å². The molecule has 17 heavy (non-hydrogen) atoms. The molecule has 0 spiro atoms. The molecular weight excluding hydrogens is 254 g/mol. The zero-order valence-electron chi connectivity index (χ0n) is 9.35. The summed E-state index contributed by atoms with van der Waals surface area (Å²) in [6.45, 7) is 5.78. The summed E-state index contributed by atoms with van der Waals surface area (Å²) in [5.41, 5.74) is 0.929. The summed E-state index contributed by atoms with van der Waals surface area (Å²) >= 11 is 11.2. The first-order chi connectivity index (χ1) is 8.13. The van der Waals surface area contributed by atoms with Gasteiger partial charge in [0, 0.05) is 10.6 Å². The van der Waals surface area contributed by atoms with Crippen molar-refractivity contribution in [1.82, 2.24) is 14.8 Å². The molecule has 88 valence electrons. The Morgan fingerprint density at radius 2 is 2.35 bits per heavy atom. The molecular formula is C12H12ClN3S. The molecule has 1 aromatic carbocycles. The first-order valence-electron chi connectivity index (χ1n) is 5.19. The van der Waals surface area contributed by atoms with Crippen molar-refractivity contribution in [2.75, 3.05) is 0 Å².